The second-order valence-corrected chi connectivity index (χ2v) is 6.19. The van der Waals surface area contributed by atoms with Crippen molar-refractivity contribution in [3.8, 4) is 0 Å². The fraction of sp³-hybridized carbons (Fsp3) is 0.471. The van der Waals surface area contributed by atoms with Gasteiger partial charge in [0.25, 0.3) is 6.01 Å². The molecule has 2 aromatic rings. The number of fused-ring (bicyclic) bond motifs is 1. The van der Waals surface area contributed by atoms with Crippen LogP contribution in [0.4, 0.5) is 6.01 Å². The minimum Gasteiger partial charge on any atom is -0.480 e. The van der Waals surface area contributed by atoms with Crippen LogP contribution in [0.25, 0.3) is 11.1 Å². The summed E-state index contributed by atoms with van der Waals surface area (Å²) in [6, 6.07) is 7.37. The average molecular weight is 331 g/mol. The average Bonchev–Trinajstić information content (AvgIpc) is 3.04. The number of benzene rings is 1. The van der Waals surface area contributed by atoms with Crippen molar-refractivity contribution in [2.75, 3.05) is 25.0 Å². The molecule has 7 heteroatoms. The molecule has 1 aliphatic heterocycles. The van der Waals surface area contributed by atoms with Crippen LogP contribution < -0.4 is 4.90 Å². The van der Waals surface area contributed by atoms with E-state index in [0.717, 1.165) is 11.1 Å². The smallest absolute Gasteiger partial charge is 0.326 e. The van der Waals surface area contributed by atoms with E-state index in [0.29, 0.717) is 31.9 Å². The van der Waals surface area contributed by atoms with Crippen molar-refractivity contribution in [1.82, 2.24) is 9.88 Å². The molecule has 0 radical (unpaired) electrons. The number of carbonyl (C=O) groups excluding carboxylic acids is 1. The van der Waals surface area contributed by atoms with Gasteiger partial charge in [-0.05, 0) is 31.9 Å². The van der Waals surface area contributed by atoms with E-state index in [1.165, 1.54) is 11.8 Å². The molecule has 0 saturated carbocycles. The molecule has 24 heavy (non-hydrogen) atoms. The summed E-state index contributed by atoms with van der Waals surface area (Å²) in [5.74, 6) is -1.26. The number of oxazole rings is 1. The number of carboxylic acids is 1. The predicted molar refractivity (Wildman–Crippen MR) is 88.8 cm³/mol. The van der Waals surface area contributed by atoms with E-state index in [4.69, 9.17) is 9.52 Å². The van der Waals surface area contributed by atoms with Gasteiger partial charge in [0.05, 0.1) is 0 Å². The van der Waals surface area contributed by atoms with Crippen LogP contribution in [-0.2, 0) is 9.59 Å². The van der Waals surface area contributed by atoms with E-state index >= 15 is 0 Å². The van der Waals surface area contributed by atoms with Crippen LogP contribution in [0.5, 0.6) is 0 Å². The minimum absolute atomic E-state index is 0.109. The molecule has 3 rings (SSSR count). The first-order valence-corrected chi connectivity index (χ1v) is 8.07. The zero-order chi connectivity index (χ0) is 17.3. The van der Waals surface area contributed by atoms with Crippen molar-refractivity contribution in [1.29, 1.82) is 0 Å². The lowest BCUT2D eigenvalue weighted by molar-refractivity contribution is -0.150. The van der Waals surface area contributed by atoms with Crippen LogP contribution in [-0.4, -0.2) is 53.0 Å². The summed E-state index contributed by atoms with van der Waals surface area (Å²) >= 11 is 0. The van der Waals surface area contributed by atoms with Crippen LogP contribution in [0, 0.1) is 5.92 Å². The molecule has 0 bridgehead atoms. The Morgan fingerprint density at radius 3 is 2.62 bits per heavy atom. The number of para-hydroxylation sites is 2. The van der Waals surface area contributed by atoms with Gasteiger partial charge in [-0.15, -0.1) is 0 Å². The van der Waals surface area contributed by atoms with Crippen LogP contribution >= 0.6 is 0 Å². The first-order chi connectivity index (χ1) is 11.5. The summed E-state index contributed by atoms with van der Waals surface area (Å²) in [7, 11) is 1.55. The van der Waals surface area contributed by atoms with Crippen molar-refractivity contribution >= 4 is 29.0 Å². The number of amides is 1. The first-order valence-electron chi connectivity index (χ1n) is 8.07. The number of rotatable bonds is 4. The number of piperidine rings is 1. The largest absolute Gasteiger partial charge is 0.480 e. The summed E-state index contributed by atoms with van der Waals surface area (Å²) in [4.78, 5) is 31.3. The lowest BCUT2D eigenvalue weighted by atomic mass is 9.95. The monoisotopic (exact) mass is 331 g/mol. The Bertz CT molecular complexity index is 716. The number of carboxylic acid groups (broad SMARTS) is 1. The number of hydrogen-bond donors (Lipinski definition) is 1. The molecule has 1 amide bonds. The highest BCUT2D eigenvalue weighted by molar-refractivity contribution is 5.84. The van der Waals surface area contributed by atoms with Gasteiger partial charge in [0.15, 0.2) is 5.58 Å². The molecular formula is C17H21N3O4. The van der Waals surface area contributed by atoms with Gasteiger partial charge in [-0.1, -0.05) is 12.1 Å². The Morgan fingerprint density at radius 1 is 1.33 bits per heavy atom. The summed E-state index contributed by atoms with van der Waals surface area (Å²) in [5.41, 5.74) is 1.57. The van der Waals surface area contributed by atoms with Crippen molar-refractivity contribution in [3.05, 3.63) is 24.3 Å². The van der Waals surface area contributed by atoms with E-state index in [-0.39, 0.29) is 11.8 Å². The third-order valence-corrected chi connectivity index (χ3v) is 4.68. The molecule has 1 atom stereocenters. The van der Waals surface area contributed by atoms with E-state index < -0.39 is 12.0 Å². The summed E-state index contributed by atoms with van der Waals surface area (Å²) in [6.45, 7) is 2.85. The van der Waals surface area contributed by atoms with Gasteiger partial charge in [0, 0.05) is 26.1 Å². The second kappa shape index (κ2) is 6.51. The lowest BCUT2D eigenvalue weighted by Crippen LogP contribution is -2.46. The van der Waals surface area contributed by atoms with Crippen LogP contribution in [0.3, 0.4) is 0 Å². The molecule has 1 fully saturated rings. The van der Waals surface area contributed by atoms with E-state index in [1.54, 1.807) is 7.05 Å². The number of carbonyl (C=O) groups is 2. The van der Waals surface area contributed by atoms with Crippen molar-refractivity contribution < 1.29 is 19.1 Å². The lowest BCUT2D eigenvalue weighted by Gasteiger charge is -2.33. The van der Waals surface area contributed by atoms with Crippen molar-refractivity contribution in [2.45, 2.75) is 25.8 Å². The zero-order valence-electron chi connectivity index (χ0n) is 13.8. The van der Waals surface area contributed by atoms with Crippen LogP contribution in [0.15, 0.2) is 28.7 Å². The fourth-order valence-electron chi connectivity index (χ4n) is 2.96. The van der Waals surface area contributed by atoms with Crippen LogP contribution in [0.1, 0.15) is 19.8 Å². The summed E-state index contributed by atoms with van der Waals surface area (Å²) < 4.78 is 5.76. The van der Waals surface area contributed by atoms with Gasteiger partial charge in [-0.25, -0.2) is 4.79 Å². The molecular weight excluding hydrogens is 310 g/mol. The quantitative estimate of drug-likeness (QED) is 0.922. The van der Waals surface area contributed by atoms with Gasteiger partial charge < -0.3 is 19.3 Å². The predicted octanol–water partition coefficient (Wildman–Crippen LogP) is 1.98. The number of nitrogens with zero attached hydrogens (tertiary/aromatic N) is 3. The maximum absolute atomic E-state index is 12.4. The Balaban J connectivity index is 1.63. The molecule has 1 aliphatic rings. The Hall–Kier alpha value is -2.57. The second-order valence-electron chi connectivity index (χ2n) is 6.19. The third kappa shape index (κ3) is 3.06. The van der Waals surface area contributed by atoms with Gasteiger partial charge in [-0.2, -0.15) is 4.98 Å². The van der Waals surface area contributed by atoms with Gasteiger partial charge >= 0.3 is 5.97 Å². The van der Waals surface area contributed by atoms with Gasteiger partial charge in [0.1, 0.15) is 11.6 Å². The highest BCUT2D eigenvalue weighted by Crippen LogP contribution is 2.27. The molecule has 1 unspecified atom stereocenters. The number of hydrogen-bond acceptors (Lipinski definition) is 5. The van der Waals surface area contributed by atoms with E-state index in [1.807, 2.05) is 29.2 Å². The summed E-state index contributed by atoms with van der Waals surface area (Å²) in [6.07, 6.45) is 1.32. The SMILES string of the molecule is CC(C(=O)O)N(C)C(=O)C1CCN(c2nc3ccccc3o2)CC1. The summed E-state index contributed by atoms with van der Waals surface area (Å²) in [5, 5.41) is 9.04. The van der Waals surface area contributed by atoms with Crippen molar-refractivity contribution in [2.24, 2.45) is 5.92 Å². The zero-order valence-corrected chi connectivity index (χ0v) is 13.8. The van der Waals surface area contributed by atoms with E-state index in [9.17, 15) is 9.59 Å². The minimum atomic E-state index is -0.991. The Labute approximate surface area is 139 Å². The molecule has 128 valence electrons. The standard InChI is InChI=1S/C17H21N3O4/c1-11(16(22)23)19(2)15(21)12-7-9-20(10-8-12)17-18-13-5-3-4-6-14(13)24-17/h3-6,11-12H,7-10H2,1-2H3,(H,22,23). The molecule has 0 aliphatic carbocycles. The molecule has 1 N–H and O–H groups in total. The maximum Gasteiger partial charge on any atom is 0.326 e. The maximum atomic E-state index is 12.4. The number of aromatic nitrogens is 1. The van der Waals surface area contributed by atoms with E-state index in [2.05, 4.69) is 4.98 Å². The molecule has 1 saturated heterocycles. The Morgan fingerprint density at radius 2 is 2.00 bits per heavy atom. The highest BCUT2D eigenvalue weighted by Gasteiger charge is 2.32. The van der Waals surface area contributed by atoms with Gasteiger partial charge in [-0.3, -0.25) is 4.79 Å². The highest BCUT2D eigenvalue weighted by atomic mass is 16.4. The number of likely N-dealkylation sites (N-methyl/N-ethyl adjacent to an activating group) is 1. The van der Waals surface area contributed by atoms with Crippen molar-refractivity contribution in [3.63, 3.8) is 0 Å². The van der Waals surface area contributed by atoms with Gasteiger partial charge in [0.2, 0.25) is 5.91 Å². The molecule has 1 aromatic heterocycles. The topological polar surface area (TPSA) is 86.9 Å². The molecule has 7 nitrogen and oxygen atoms in total. The molecule has 2 heterocycles. The molecule has 0 spiro atoms. The third-order valence-electron chi connectivity index (χ3n) is 4.68. The normalized spacial score (nSPS) is 17.0. The molecule has 1 aromatic carbocycles. The van der Waals surface area contributed by atoms with Crippen LogP contribution in [0.2, 0.25) is 0 Å². The fourth-order valence-corrected chi connectivity index (χ4v) is 2.96. The Kier molecular flexibility index (Phi) is 4.42. The first kappa shape index (κ1) is 16.3. The number of anilines is 1. The number of aliphatic carboxylic acids is 1.